The molecule has 0 spiro atoms. The van der Waals surface area contributed by atoms with Gasteiger partial charge in [-0.3, -0.25) is 4.79 Å². The van der Waals surface area contributed by atoms with E-state index in [1.807, 2.05) is 0 Å². The number of carbonyl (C=O) groups excluding carboxylic acids is 1. The topological polar surface area (TPSA) is 20.3 Å². The summed E-state index contributed by atoms with van der Waals surface area (Å²) in [5.74, 6) is 1.40. The second-order valence-electron chi connectivity index (χ2n) is 6.12. The van der Waals surface area contributed by atoms with Gasteiger partial charge in [-0.15, -0.1) is 0 Å². The Balaban J connectivity index is 1.77. The maximum absolute atomic E-state index is 12.8. The molecule has 110 valence electrons. The standard InChI is InChI=1S/C17H24FNO/c1-14-2-4-15(5-3-14)10-11-19(13-20)12-16-6-8-17(18)9-7-16/h6-9,13-15H,2-5,10-12H2,1H3. The van der Waals surface area contributed by atoms with Crippen molar-refractivity contribution in [3.8, 4) is 0 Å². The summed E-state index contributed by atoms with van der Waals surface area (Å²) in [5, 5.41) is 0. The molecule has 1 aromatic carbocycles. The van der Waals surface area contributed by atoms with Gasteiger partial charge < -0.3 is 4.90 Å². The Hall–Kier alpha value is -1.38. The molecule has 1 aromatic rings. The normalized spacial score (nSPS) is 22.5. The maximum atomic E-state index is 12.8. The molecule has 20 heavy (non-hydrogen) atoms. The molecule has 3 heteroatoms. The highest BCUT2D eigenvalue weighted by Gasteiger charge is 2.18. The number of rotatable bonds is 6. The summed E-state index contributed by atoms with van der Waals surface area (Å²) in [6.07, 6.45) is 7.24. The fourth-order valence-corrected chi connectivity index (χ4v) is 2.96. The van der Waals surface area contributed by atoms with Gasteiger partial charge in [-0.1, -0.05) is 44.7 Å². The minimum Gasteiger partial charge on any atom is -0.341 e. The van der Waals surface area contributed by atoms with Crippen molar-refractivity contribution in [3.05, 3.63) is 35.6 Å². The molecule has 0 N–H and O–H groups in total. The molecule has 0 saturated heterocycles. The summed E-state index contributed by atoms with van der Waals surface area (Å²) in [6.45, 7) is 3.70. The van der Waals surface area contributed by atoms with E-state index in [1.54, 1.807) is 17.0 Å². The summed E-state index contributed by atoms with van der Waals surface area (Å²) in [7, 11) is 0. The van der Waals surface area contributed by atoms with Gasteiger partial charge in [0.1, 0.15) is 5.82 Å². The van der Waals surface area contributed by atoms with Crippen LogP contribution in [0.1, 0.15) is 44.6 Å². The Kier molecular flexibility index (Phi) is 5.57. The molecule has 0 aromatic heterocycles. The van der Waals surface area contributed by atoms with E-state index in [0.717, 1.165) is 36.8 Å². The molecule has 1 aliphatic rings. The molecule has 2 rings (SSSR count). The second kappa shape index (κ2) is 7.41. The van der Waals surface area contributed by atoms with E-state index in [-0.39, 0.29) is 5.82 Å². The molecule has 0 atom stereocenters. The number of benzene rings is 1. The molecular formula is C17H24FNO. The van der Waals surface area contributed by atoms with Gasteiger partial charge in [0.15, 0.2) is 0 Å². The third-order valence-electron chi connectivity index (χ3n) is 4.41. The van der Waals surface area contributed by atoms with Crippen molar-refractivity contribution < 1.29 is 9.18 Å². The quantitative estimate of drug-likeness (QED) is 0.720. The number of hydrogen-bond acceptors (Lipinski definition) is 1. The van der Waals surface area contributed by atoms with Gasteiger partial charge in [0.2, 0.25) is 6.41 Å². The number of carbonyl (C=O) groups is 1. The Morgan fingerprint density at radius 2 is 1.85 bits per heavy atom. The van der Waals surface area contributed by atoms with Gasteiger partial charge in [-0.2, -0.15) is 0 Å². The summed E-state index contributed by atoms with van der Waals surface area (Å²) in [4.78, 5) is 12.9. The molecule has 1 amide bonds. The van der Waals surface area contributed by atoms with Crippen LogP contribution in [0.2, 0.25) is 0 Å². The summed E-state index contributed by atoms with van der Waals surface area (Å²) >= 11 is 0. The van der Waals surface area contributed by atoms with Gasteiger partial charge in [0.25, 0.3) is 0 Å². The van der Waals surface area contributed by atoms with Gasteiger partial charge in [-0.25, -0.2) is 4.39 Å². The molecule has 2 nitrogen and oxygen atoms in total. The monoisotopic (exact) mass is 277 g/mol. The first-order valence-corrected chi connectivity index (χ1v) is 7.61. The lowest BCUT2D eigenvalue weighted by Crippen LogP contribution is -2.25. The highest BCUT2D eigenvalue weighted by molar-refractivity contribution is 5.47. The van der Waals surface area contributed by atoms with E-state index in [1.165, 1.54) is 37.8 Å². The van der Waals surface area contributed by atoms with Crippen LogP contribution >= 0.6 is 0 Å². The van der Waals surface area contributed by atoms with Crippen LogP contribution in [0.15, 0.2) is 24.3 Å². The van der Waals surface area contributed by atoms with E-state index >= 15 is 0 Å². The number of halogens is 1. The molecular weight excluding hydrogens is 253 g/mol. The first-order valence-electron chi connectivity index (χ1n) is 7.61. The van der Waals surface area contributed by atoms with Gasteiger partial charge in [0.05, 0.1) is 0 Å². The third-order valence-corrected chi connectivity index (χ3v) is 4.41. The molecule has 0 radical (unpaired) electrons. The lowest BCUT2D eigenvalue weighted by molar-refractivity contribution is -0.118. The third kappa shape index (κ3) is 4.62. The molecule has 1 saturated carbocycles. The zero-order valence-corrected chi connectivity index (χ0v) is 12.2. The van der Waals surface area contributed by atoms with Crippen molar-refractivity contribution in [1.82, 2.24) is 4.90 Å². The number of nitrogens with zero attached hydrogens (tertiary/aromatic N) is 1. The van der Waals surface area contributed by atoms with Gasteiger partial charge in [0, 0.05) is 13.1 Å². The first-order chi connectivity index (χ1) is 9.67. The average Bonchev–Trinajstić information content (AvgIpc) is 2.47. The highest BCUT2D eigenvalue weighted by Crippen LogP contribution is 2.30. The fourth-order valence-electron chi connectivity index (χ4n) is 2.96. The maximum Gasteiger partial charge on any atom is 0.210 e. The second-order valence-corrected chi connectivity index (χ2v) is 6.12. The van der Waals surface area contributed by atoms with E-state index in [2.05, 4.69) is 6.92 Å². The Bertz CT molecular complexity index is 410. The minimum atomic E-state index is -0.234. The molecule has 0 aliphatic heterocycles. The lowest BCUT2D eigenvalue weighted by Gasteiger charge is -2.28. The van der Waals surface area contributed by atoms with Gasteiger partial charge >= 0.3 is 0 Å². The summed E-state index contributed by atoms with van der Waals surface area (Å²) in [5.41, 5.74) is 0.982. The molecule has 1 aliphatic carbocycles. The van der Waals surface area contributed by atoms with E-state index in [0.29, 0.717) is 6.54 Å². The summed E-state index contributed by atoms with van der Waals surface area (Å²) < 4.78 is 12.8. The zero-order chi connectivity index (χ0) is 14.4. The highest BCUT2D eigenvalue weighted by atomic mass is 19.1. The Labute approximate surface area is 121 Å². The summed E-state index contributed by atoms with van der Waals surface area (Å²) in [6, 6.07) is 6.38. The zero-order valence-electron chi connectivity index (χ0n) is 12.2. The smallest absolute Gasteiger partial charge is 0.210 e. The molecule has 0 unspecified atom stereocenters. The average molecular weight is 277 g/mol. The first kappa shape index (κ1) is 15.0. The number of amides is 1. The van der Waals surface area contributed by atoms with Crippen LogP contribution in [0.25, 0.3) is 0 Å². The molecule has 1 fully saturated rings. The molecule has 0 bridgehead atoms. The minimum absolute atomic E-state index is 0.234. The van der Waals surface area contributed by atoms with Crippen molar-refractivity contribution in [3.63, 3.8) is 0 Å². The van der Waals surface area contributed by atoms with E-state index in [9.17, 15) is 9.18 Å². The predicted octanol–water partition coefficient (Wildman–Crippen LogP) is 4.00. The predicted molar refractivity (Wildman–Crippen MR) is 78.6 cm³/mol. The largest absolute Gasteiger partial charge is 0.341 e. The Morgan fingerprint density at radius 3 is 2.45 bits per heavy atom. The lowest BCUT2D eigenvalue weighted by atomic mass is 9.81. The van der Waals surface area contributed by atoms with Crippen LogP contribution in [0.5, 0.6) is 0 Å². The van der Waals surface area contributed by atoms with Crippen LogP contribution in [0.4, 0.5) is 4.39 Å². The SMILES string of the molecule is CC1CCC(CCN(C=O)Cc2ccc(F)cc2)CC1. The van der Waals surface area contributed by atoms with Crippen molar-refractivity contribution in [2.45, 2.75) is 45.6 Å². The van der Waals surface area contributed by atoms with Crippen LogP contribution in [0, 0.1) is 17.7 Å². The van der Waals surface area contributed by atoms with Gasteiger partial charge in [-0.05, 0) is 36.0 Å². The number of hydrogen-bond donors (Lipinski definition) is 0. The van der Waals surface area contributed by atoms with Crippen LogP contribution < -0.4 is 0 Å². The van der Waals surface area contributed by atoms with Crippen molar-refractivity contribution in [1.29, 1.82) is 0 Å². The van der Waals surface area contributed by atoms with Crippen molar-refractivity contribution in [2.24, 2.45) is 11.8 Å². The van der Waals surface area contributed by atoms with Crippen molar-refractivity contribution in [2.75, 3.05) is 6.54 Å². The van der Waals surface area contributed by atoms with Crippen LogP contribution in [0.3, 0.4) is 0 Å². The van der Waals surface area contributed by atoms with E-state index < -0.39 is 0 Å². The fraction of sp³-hybridized carbons (Fsp3) is 0.588. The van der Waals surface area contributed by atoms with Crippen LogP contribution in [-0.4, -0.2) is 17.9 Å². The Morgan fingerprint density at radius 1 is 1.20 bits per heavy atom. The van der Waals surface area contributed by atoms with E-state index in [4.69, 9.17) is 0 Å². The molecule has 0 heterocycles. The van der Waals surface area contributed by atoms with Crippen LogP contribution in [-0.2, 0) is 11.3 Å². The van der Waals surface area contributed by atoms with Crippen molar-refractivity contribution >= 4 is 6.41 Å².